The van der Waals surface area contributed by atoms with Gasteiger partial charge in [-0.1, -0.05) is 25.4 Å². The van der Waals surface area contributed by atoms with Gasteiger partial charge < -0.3 is 5.32 Å². The third-order valence-corrected chi connectivity index (χ3v) is 3.38. The van der Waals surface area contributed by atoms with Crippen molar-refractivity contribution in [1.82, 2.24) is 4.98 Å². The van der Waals surface area contributed by atoms with Crippen LogP contribution < -0.4 is 5.32 Å². The van der Waals surface area contributed by atoms with E-state index in [0.29, 0.717) is 10.9 Å². The maximum Gasteiger partial charge on any atom is 0.0849 e. The van der Waals surface area contributed by atoms with E-state index < -0.39 is 0 Å². The van der Waals surface area contributed by atoms with Crippen LogP contribution in [-0.2, 0) is 0 Å². The number of anilines is 1. The summed E-state index contributed by atoms with van der Waals surface area (Å²) in [6.07, 6.45) is 1.75. The zero-order valence-electron chi connectivity index (χ0n) is 9.27. The molecule has 4 heteroatoms. The summed E-state index contributed by atoms with van der Waals surface area (Å²) in [4.78, 5) is 4.11. The van der Waals surface area contributed by atoms with Gasteiger partial charge in [-0.3, -0.25) is 4.98 Å². The van der Waals surface area contributed by atoms with Crippen LogP contribution in [0.4, 0.5) is 5.69 Å². The van der Waals surface area contributed by atoms with Gasteiger partial charge in [0.15, 0.2) is 0 Å². The summed E-state index contributed by atoms with van der Waals surface area (Å²) in [5, 5.41) is 3.97. The minimum Gasteiger partial charge on any atom is -0.383 e. The fraction of sp³-hybridized carbons (Fsp3) is 0.545. The van der Waals surface area contributed by atoms with Crippen LogP contribution in [0.25, 0.3) is 0 Å². The van der Waals surface area contributed by atoms with Gasteiger partial charge in [-0.05, 0) is 18.4 Å². The highest BCUT2D eigenvalue weighted by atomic mass is 35.5. The molecular formula is C11H16Cl2N2. The molecule has 0 unspecified atom stereocenters. The lowest BCUT2D eigenvalue weighted by atomic mass is 9.96. The molecule has 0 aliphatic heterocycles. The first-order valence-electron chi connectivity index (χ1n) is 4.87. The average Bonchev–Trinajstić information content (AvgIpc) is 2.20. The summed E-state index contributed by atoms with van der Waals surface area (Å²) in [5.41, 5.74) is 1.81. The van der Waals surface area contributed by atoms with Gasteiger partial charge in [-0.2, -0.15) is 0 Å². The quantitative estimate of drug-likeness (QED) is 0.820. The summed E-state index contributed by atoms with van der Waals surface area (Å²) >= 11 is 12.0. The number of aromatic nitrogens is 1. The molecule has 0 atom stereocenters. The lowest BCUT2D eigenvalue weighted by Gasteiger charge is -2.22. The second kappa shape index (κ2) is 5.04. The Kier molecular flexibility index (Phi) is 4.23. The molecule has 1 N–H and O–H groups in total. The molecule has 1 heterocycles. The molecule has 0 saturated carbocycles. The number of pyridine rings is 1. The van der Waals surface area contributed by atoms with Crippen LogP contribution in [-0.4, -0.2) is 17.4 Å². The molecule has 1 aromatic rings. The average molecular weight is 247 g/mol. The minimum absolute atomic E-state index is 0.0576. The maximum atomic E-state index is 6.11. The molecule has 2 nitrogen and oxygen atoms in total. The number of halogens is 2. The van der Waals surface area contributed by atoms with E-state index in [4.69, 9.17) is 23.2 Å². The summed E-state index contributed by atoms with van der Waals surface area (Å²) < 4.78 is 0. The predicted molar refractivity (Wildman–Crippen MR) is 67.0 cm³/mol. The molecule has 0 aliphatic rings. The third kappa shape index (κ3) is 3.54. The van der Waals surface area contributed by atoms with Crippen LogP contribution in [0.5, 0.6) is 0 Å². The zero-order valence-corrected chi connectivity index (χ0v) is 10.8. The number of rotatable bonds is 4. The Bertz CT molecular complexity index is 337. The topological polar surface area (TPSA) is 24.9 Å². The Hall–Kier alpha value is -0.470. The van der Waals surface area contributed by atoms with E-state index in [2.05, 4.69) is 24.1 Å². The molecule has 0 aliphatic carbocycles. The van der Waals surface area contributed by atoms with Crippen LogP contribution in [0.15, 0.2) is 12.3 Å². The van der Waals surface area contributed by atoms with Gasteiger partial charge in [-0.25, -0.2) is 0 Å². The van der Waals surface area contributed by atoms with Crippen LogP contribution in [0, 0.1) is 12.3 Å². The van der Waals surface area contributed by atoms with Gasteiger partial charge >= 0.3 is 0 Å². The molecular weight excluding hydrogens is 231 g/mol. The van der Waals surface area contributed by atoms with Crippen molar-refractivity contribution in [2.24, 2.45) is 5.41 Å². The monoisotopic (exact) mass is 246 g/mol. The summed E-state index contributed by atoms with van der Waals surface area (Å²) in [6, 6.07) is 1.87. The van der Waals surface area contributed by atoms with Gasteiger partial charge in [0.2, 0.25) is 0 Å². The van der Waals surface area contributed by atoms with Crippen molar-refractivity contribution in [2.75, 3.05) is 17.7 Å². The van der Waals surface area contributed by atoms with Gasteiger partial charge in [0.25, 0.3) is 0 Å². The van der Waals surface area contributed by atoms with Crippen molar-refractivity contribution in [3.05, 3.63) is 23.0 Å². The highest BCUT2D eigenvalue weighted by molar-refractivity contribution is 6.33. The SMILES string of the molecule is Cc1nccc(NCC(C)(C)CCl)c1Cl. The molecule has 84 valence electrons. The summed E-state index contributed by atoms with van der Waals surface area (Å²) in [6.45, 7) is 6.89. The maximum absolute atomic E-state index is 6.11. The number of nitrogens with zero attached hydrogens (tertiary/aromatic N) is 1. The molecule has 0 spiro atoms. The van der Waals surface area contributed by atoms with Gasteiger partial charge in [0.05, 0.1) is 16.4 Å². The van der Waals surface area contributed by atoms with Crippen molar-refractivity contribution in [2.45, 2.75) is 20.8 Å². The first-order valence-corrected chi connectivity index (χ1v) is 5.78. The van der Waals surface area contributed by atoms with Crippen LogP contribution in [0.2, 0.25) is 5.02 Å². The fourth-order valence-corrected chi connectivity index (χ4v) is 1.34. The molecule has 1 aromatic heterocycles. The highest BCUT2D eigenvalue weighted by Gasteiger charge is 2.16. The number of aryl methyl sites for hydroxylation is 1. The van der Waals surface area contributed by atoms with Crippen molar-refractivity contribution in [3.8, 4) is 0 Å². The molecule has 0 fully saturated rings. The minimum atomic E-state index is 0.0576. The van der Waals surface area contributed by atoms with Crippen molar-refractivity contribution in [3.63, 3.8) is 0 Å². The third-order valence-electron chi connectivity index (χ3n) is 2.18. The Labute approximate surface area is 101 Å². The fourth-order valence-electron chi connectivity index (χ4n) is 1.07. The van der Waals surface area contributed by atoms with Crippen molar-refractivity contribution < 1.29 is 0 Å². The van der Waals surface area contributed by atoms with Crippen LogP contribution in [0.3, 0.4) is 0 Å². The van der Waals surface area contributed by atoms with Gasteiger partial charge in [-0.15, -0.1) is 11.6 Å². The van der Waals surface area contributed by atoms with E-state index in [9.17, 15) is 0 Å². The van der Waals surface area contributed by atoms with Crippen LogP contribution in [0.1, 0.15) is 19.5 Å². The smallest absolute Gasteiger partial charge is 0.0849 e. The van der Waals surface area contributed by atoms with E-state index in [1.165, 1.54) is 0 Å². The standard InChI is InChI=1S/C11H16Cl2N2/c1-8-10(13)9(4-5-14-8)15-7-11(2,3)6-12/h4-5H,6-7H2,1-3H3,(H,14,15). The normalized spacial score (nSPS) is 11.5. The first-order chi connectivity index (χ1) is 6.96. The Morgan fingerprint density at radius 1 is 1.47 bits per heavy atom. The molecule has 1 rings (SSSR count). The lowest BCUT2D eigenvalue weighted by Crippen LogP contribution is -2.24. The van der Waals surface area contributed by atoms with Crippen molar-refractivity contribution in [1.29, 1.82) is 0 Å². The second-order valence-corrected chi connectivity index (χ2v) is 5.05. The second-order valence-electron chi connectivity index (χ2n) is 4.41. The summed E-state index contributed by atoms with van der Waals surface area (Å²) in [7, 11) is 0. The predicted octanol–water partition coefficient (Wildman–Crippen LogP) is 3.72. The van der Waals surface area contributed by atoms with E-state index in [1.54, 1.807) is 6.20 Å². The molecule has 0 amide bonds. The van der Waals surface area contributed by atoms with E-state index in [1.807, 2.05) is 13.0 Å². The van der Waals surface area contributed by atoms with Gasteiger partial charge in [0, 0.05) is 18.6 Å². The number of nitrogens with one attached hydrogen (secondary N) is 1. The largest absolute Gasteiger partial charge is 0.383 e. The number of alkyl halides is 1. The summed E-state index contributed by atoms with van der Waals surface area (Å²) in [5.74, 6) is 0.613. The molecule has 0 radical (unpaired) electrons. The molecule has 0 saturated heterocycles. The van der Waals surface area contributed by atoms with Crippen LogP contribution >= 0.6 is 23.2 Å². The van der Waals surface area contributed by atoms with Gasteiger partial charge in [0.1, 0.15) is 0 Å². The first kappa shape index (κ1) is 12.6. The molecule has 0 bridgehead atoms. The lowest BCUT2D eigenvalue weighted by molar-refractivity contribution is 0.450. The molecule has 15 heavy (non-hydrogen) atoms. The van der Waals surface area contributed by atoms with E-state index in [0.717, 1.165) is 17.9 Å². The highest BCUT2D eigenvalue weighted by Crippen LogP contribution is 2.25. The Balaban J connectivity index is 2.70. The van der Waals surface area contributed by atoms with E-state index in [-0.39, 0.29) is 5.41 Å². The molecule has 0 aromatic carbocycles. The Morgan fingerprint density at radius 3 is 2.73 bits per heavy atom. The zero-order chi connectivity index (χ0) is 11.5. The number of hydrogen-bond acceptors (Lipinski definition) is 2. The van der Waals surface area contributed by atoms with Crippen molar-refractivity contribution >= 4 is 28.9 Å². The Morgan fingerprint density at radius 2 is 2.13 bits per heavy atom. The van der Waals surface area contributed by atoms with E-state index >= 15 is 0 Å². The number of hydrogen-bond donors (Lipinski definition) is 1.